The summed E-state index contributed by atoms with van der Waals surface area (Å²) in [5.74, 6) is -0.891. The van der Waals surface area contributed by atoms with E-state index in [1.54, 1.807) is 19.2 Å². The van der Waals surface area contributed by atoms with Crippen LogP contribution in [-0.2, 0) is 0 Å². The maximum Gasteiger partial charge on any atom is 0.314 e. The van der Waals surface area contributed by atoms with Crippen LogP contribution < -0.4 is 26.8 Å². The monoisotopic (exact) mass is 455 g/mol. The Morgan fingerprint density at radius 2 is 1.33 bits per heavy atom. The van der Waals surface area contributed by atoms with Crippen molar-refractivity contribution >= 4 is 35.0 Å². The number of nitrogens with one attached hydrogen (secondary N) is 2. The third-order valence-corrected chi connectivity index (χ3v) is 5.36. The molecule has 1 aromatic heterocycles. The number of fused-ring (bicyclic) bond motifs is 2. The normalized spacial score (nSPS) is 11.9. The summed E-state index contributed by atoms with van der Waals surface area (Å²) in [6, 6.07) is 3.41. The van der Waals surface area contributed by atoms with Gasteiger partial charge >= 0.3 is 12.1 Å². The van der Waals surface area contributed by atoms with Crippen LogP contribution in [0.5, 0.6) is 0 Å². The smallest absolute Gasteiger partial charge is 0.314 e. The Bertz CT molecular complexity index is 1130. The van der Waals surface area contributed by atoms with Gasteiger partial charge in [-0.25, -0.2) is 9.59 Å². The van der Waals surface area contributed by atoms with Crippen molar-refractivity contribution in [3.05, 3.63) is 58.1 Å². The van der Waals surface area contributed by atoms with Crippen molar-refractivity contribution in [2.24, 2.45) is 11.5 Å². The Morgan fingerprint density at radius 1 is 0.879 bits per heavy atom. The molecule has 4 amide bonds. The molecule has 12 nitrogen and oxygen atoms in total. The molecule has 0 unspecified atom stereocenters. The molecule has 1 aromatic carbocycles. The first-order valence-electron chi connectivity index (χ1n) is 10.1. The fraction of sp³-hybridized carbons (Fsp3) is 0.286. The minimum absolute atomic E-state index is 0.00733. The van der Waals surface area contributed by atoms with E-state index in [0.29, 0.717) is 16.1 Å². The number of carbonyl (C=O) groups excluding carboxylic acids is 4. The van der Waals surface area contributed by atoms with Crippen LogP contribution in [0.3, 0.4) is 0 Å². The van der Waals surface area contributed by atoms with Crippen LogP contribution in [0.15, 0.2) is 30.6 Å². The molecular weight excluding hydrogens is 430 g/mol. The van der Waals surface area contributed by atoms with Crippen molar-refractivity contribution in [1.82, 2.24) is 9.80 Å². The van der Waals surface area contributed by atoms with E-state index < -0.39 is 23.6 Å². The number of aromatic nitrogens is 1. The molecule has 1 aliphatic carbocycles. The number of pyridine rings is 1. The summed E-state index contributed by atoms with van der Waals surface area (Å²) in [6.45, 7) is 1.10. The Hall–Kier alpha value is -4.35. The number of likely N-dealkylation sites (N-methyl/N-ethyl adjacent to an activating group) is 2. The minimum Gasteiger partial charge on any atom is -0.619 e. The van der Waals surface area contributed by atoms with Crippen LogP contribution >= 0.6 is 0 Å². The Balaban J connectivity index is 1.97. The van der Waals surface area contributed by atoms with E-state index in [2.05, 4.69) is 10.6 Å². The predicted octanol–water partition coefficient (Wildman–Crippen LogP) is -0.0598. The largest absolute Gasteiger partial charge is 0.619 e. The van der Waals surface area contributed by atoms with E-state index in [4.69, 9.17) is 11.5 Å². The van der Waals surface area contributed by atoms with E-state index in [1.807, 2.05) is 0 Å². The Kier molecular flexibility index (Phi) is 6.66. The quantitative estimate of drug-likeness (QED) is 0.271. The third-order valence-electron chi connectivity index (χ3n) is 5.36. The number of nitrogens with two attached hydrogens (primary N) is 2. The predicted molar refractivity (Wildman–Crippen MR) is 120 cm³/mol. The fourth-order valence-corrected chi connectivity index (χ4v) is 3.43. The summed E-state index contributed by atoms with van der Waals surface area (Å²) >= 11 is 0. The summed E-state index contributed by atoms with van der Waals surface area (Å²) in [5.41, 5.74) is 11.7. The van der Waals surface area contributed by atoms with Crippen molar-refractivity contribution < 1.29 is 23.9 Å². The molecule has 1 heterocycles. The minimum atomic E-state index is -0.598. The highest BCUT2D eigenvalue weighted by molar-refractivity contribution is 6.31. The molecular formula is C21H25N7O5. The molecule has 0 aliphatic heterocycles. The van der Waals surface area contributed by atoms with E-state index in [-0.39, 0.29) is 48.4 Å². The molecule has 6 N–H and O–H groups in total. The van der Waals surface area contributed by atoms with Gasteiger partial charge in [-0.15, -0.1) is 0 Å². The summed E-state index contributed by atoms with van der Waals surface area (Å²) < 4.78 is 0.464. The number of carbonyl (C=O) groups is 4. The molecule has 0 spiro atoms. The average molecular weight is 455 g/mol. The SMILES string of the molecule is CN(CCNc1ccc(NCCN(C)C(N)=O)c2c1C(=O)c1cc[n+]([O-])cc1C2=O)C(N)=O. The highest BCUT2D eigenvalue weighted by Crippen LogP contribution is 2.36. The fourth-order valence-electron chi connectivity index (χ4n) is 3.43. The molecule has 1 aliphatic rings. The lowest BCUT2D eigenvalue weighted by Gasteiger charge is -2.24. The highest BCUT2D eigenvalue weighted by atomic mass is 16.5. The number of urea groups is 2. The lowest BCUT2D eigenvalue weighted by Crippen LogP contribution is -2.36. The Labute approximate surface area is 189 Å². The number of anilines is 2. The second-order valence-electron chi connectivity index (χ2n) is 7.57. The zero-order valence-electron chi connectivity index (χ0n) is 18.3. The van der Waals surface area contributed by atoms with Crippen LogP contribution in [0.4, 0.5) is 21.0 Å². The van der Waals surface area contributed by atoms with Gasteiger partial charge in [-0.3, -0.25) is 9.59 Å². The van der Waals surface area contributed by atoms with Gasteiger partial charge < -0.3 is 37.1 Å². The summed E-state index contributed by atoms with van der Waals surface area (Å²) in [4.78, 5) is 51.7. The van der Waals surface area contributed by atoms with Crippen LogP contribution in [0.1, 0.15) is 31.8 Å². The first kappa shape index (κ1) is 23.3. The second-order valence-corrected chi connectivity index (χ2v) is 7.57. The molecule has 0 fully saturated rings. The van der Waals surface area contributed by atoms with E-state index in [1.165, 1.54) is 22.9 Å². The molecule has 2 aromatic rings. The van der Waals surface area contributed by atoms with E-state index in [0.717, 1.165) is 12.4 Å². The summed E-state index contributed by atoms with van der Waals surface area (Å²) in [5, 5.41) is 17.9. The van der Waals surface area contributed by atoms with E-state index in [9.17, 15) is 24.4 Å². The number of hydrogen-bond acceptors (Lipinski definition) is 7. The molecule has 174 valence electrons. The topological polar surface area (TPSA) is 178 Å². The number of amides is 4. The number of ketones is 2. The van der Waals surface area contributed by atoms with Gasteiger partial charge in [0.2, 0.25) is 5.78 Å². The molecule has 0 radical (unpaired) electrons. The van der Waals surface area contributed by atoms with Gasteiger partial charge in [0.15, 0.2) is 18.2 Å². The maximum atomic E-state index is 13.3. The standard InChI is InChI=1S/C21H25N7O5/c1-26(20(22)31)9-6-24-14-3-4-15(25-7-10-27(2)21(23)32)17-16(14)18(29)12-5-8-28(33)11-13(12)19(17)30/h3-5,8,11,24-25H,6-7,9-10H2,1-2H3,(H2,22,31)(H2,23,32). The van der Waals surface area contributed by atoms with Gasteiger partial charge in [0.1, 0.15) is 0 Å². The zero-order valence-corrected chi connectivity index (χ0v) is 18.3. The Morgan fingerprint density at radius 3 is 1.79 bits per heavy atom. The lowest BCUT2D eigenvalue weighted by atomic mass is 9.83. The van der Waals surface area contributed by atoms with Crippen molar-refractivity contribution in [2.75, 3.05) is 50.9 Å². The third kappa shape index (κ3) is 4.79. The molecule has 0 bridgehead atoms. The first-order chi connectivity index (χ1) is 15.6. The molecule has 0 saturated carbocycles. The van der Waals surface area contributed by atoms with Gasteiger partial charge in [0.25, 0.3) is 0 Å². The molecule has 12 heteroatoms. The highest BCUT2D eigenvalue weighted by Gasteiger charge is 2.35. The van der Waals surface area contributed by atoms with Crippen molar-refractivity contribution in [3.8, 4) is 0 Å². The number of primary amides is 2. The van der Waals surface area contributed by atoms with Gasteiger partial charge in [-0.05, 0) is 12.1 Å². The van der Waals surface area contributed by atoms with Gasteiger partial charge in [-0.1, -0.05) is 0 Å². The number of nitrogens with zero attached hydrogens (tertiary/aromatic N) is 3. The maximum absolute atomic E-state index is 13.3. The second kappa shape index (κ2) is 9.42. The number of benzene rings is 1. The average Bonchev–Trinajstić information content (AvgIpc) is 2.77. The summed E-state index contributed by atoms with van der Waals surface area (Å²) in [6.07, 6.45) is 2.23. The number of rotatable bonds is 8. The molecule has 0 saturated heterocycles. The van der Waals surface area contributed by atoms with Crippen molar-refractivity contribution in [2.45, 2.75) is 0 Å². The van der Waals surface area contributed by atoms with Crippen molar-refractivity contribution in [3.63, 3.8) is 0 Å². The van der Waals surface area contributed by atoms with Crippen LogP contribution in [0, 0.1) is 5.21 Å². The van der Waals surface area contributed by atoms with Crippen LogP contribution in [0.2, 0.25) is 0 Å². The molecule has 3 rings (SSSR count). The first-order valence-corrected chi connectivity index (χ1v) is 10.1. The van der Waals surface area contributed by atoms with Crippen LogP contribution in [0.25, 0.3) is 0 Å². The molecule has 33 heavy (non-hydrogen) atoms. The summed E-state index contributed by atoms with van der Waals surface area (Å²) in [7, 11) is 3.08. The van der Waals surface area contributed by atoms with Crippen molar-refractivity contribution in [1.29, 1.82) is 0 Å². The lowest BCUT2D eigenvalue weighted by molar-refractivity contribution is -0.605. The van der Waals surface area contributed by atoms with Crippen LogP contribution in [-0.4, -0.2) is 73.7 Å². The zero-order chi connectivity index (χ0) is 24.3. The van der Waals surface area contributed by atoms with Gasteiger partial charge in [0.05, 0.1) is 16.7 Å². The van der Waals surface area contributed by atoms with Gasteiger partial charge in [-0.2, -0.15) is 4.73 Å². The van der Waals surface area contributed by atoms with Gasteiger partial charge in [0, 0.05) is 63.3 Å². The molecule has 0 atom stereocenters. The van der Waals surface area contributed by atoms with E-state index >= 15 is 0 Å². The number of hydrogen-bond donors (Lipinski definition) is 4.